The maximum atomic E-state index is 13.6. The summed E-state index contributed by atoms with van der Waals surface area (Å²) in [7, 11) is 0. The predicted octanol–water partition coefficient (Wildman–Crippen LogP) is 5.69. The number of rotatable bonds is 7. The van der Waals surface area contributed by atoms with Gasteiger partial charge in [-0.15, -0.1) is 0 Å². The summed E-state index contributed by atoms with van der Waals surface area (Å²) in [5.74, 6) is -32.1. The Morgan fingerprint density at radius 1 is 0.839 bits per heavy atom. The average Bonchev–Trinajstić information content (AvgIpc) is 2.60. The maximum Gasteiger partial charge on any atom is 0.460 e. The molecule has 0 aliphatic heterocycles. The van der Waals surface area contributed by atoms with Crippen molar-refractivity contribution in [3.63, 3.8) is 0 Å². The second-order valence-corrected chi connectivity index (χ2v) is 5.73. The second kappa shape index (κ2) is 8.05. The van der Waals surface area contributed by atoms with E-state index in [4.69, 9.17) is 21.8 Å². The Kier molecular flexibility index (Phi) is 6.82. The first-order chi connectivity index (χ1) is 13.7. The van der Waals surface area contributed by atoms with E-state index in [9.17, 15) is 57.9 Å². The minimum Gasteiger partial charge on any atom is -0.478 e. The van der Waals surface area contributed by atoms with Crippen molar-refractivity contribution in [2.45, 2.75) is 23.9 Å². The second-order valence-electron chi connectivity index (χ2n) is 5.36. The minimum atomic E-state index is -7.57. The minimum absolute atomic E-state index is 0.0879. The number of carboxylic acid groups (broad SMARTS) is 2. The smallest absolute Gasteiger partial charge is 0.460 e. The zero-order valence-electron chi connectivity index (χ0n) is 13.8. The molecule has 0 heterocycles. The number of alkyl halides is 9. The highest BCUT2D eigenvalue weighted by Gasteiger charge is 2.83. The lowest BCUT2D eigenvalue weighted by Gasteiger charge is -2.32. The Morgan fingerprint density at radius 3 is 1.71 bits per heavy atom. The van der Waals surface area contributed by atoms with Gasteiger partial charge in [0.25, 0.3) is 0 Å². The number of hydrogen-bond donors (Lipinski definition) is 2. The molecule has 1 aromatic rings. The third-order valence-electron chi connectivity index (χ3n) is 3.31. The fourth-order valence-electron chi connectivity index (χ4n) is 1.73. The molecule has 174 valence electrons. The molecule has 0 saturated carbocycles. The van der Waals surface area contributed by atoms with Crippen LogP contribution >= 0.6 is 11.6 Å². The molecule has 0 spiro atoms. The van der Waals surface area contributed by atoms with E-state index >= 15 is 0 Å². The van der Waals surface area contributed by atoms with Crippen LogP contribution in [0.25, 0.3) is 0 Å². The van der Waals surface area contributed by atoms with Crippen molar-refractivity contribution >= 4 is 23.5 Å². The number of ether oxygens (including phenoxy) is 1. The van der Waals surface area contributed by atoms with Crippen molar-refractivity contribution < 1.29 is 72.8 Å². The van der Waals surface area contributed by atoms with E-state index in [1.807, 2.05) is 0 Å². The Morgan fingerprint density at radius 2 is 1.32 bits per heavy atom. The molecule has 2 N–H and O–H groups in total. The molecule has 0 unspecified atom stereocenters. The number of halogens is 12. The van der Waals surface area contributed by atoms with E-state index in [1.165, 1.54) is 0 Å². The summed E-state index contributed by atoms with van der Waals surface area (Å²) in [5.41, 5.74) is -2.30. The summed E-state index contributed by atoms with van der Waals surface area (Å²) in [6, 6.07) is -3.13. The van der Waals surface area contributed by atoms with Gasteiger partial charge in [0.2, 0.25) is 5.83 Å². The van der Waals surface area contributed by atoms with E-state index in [2.05, 4.69) is 4.74 Å². The summed E-state index contributed by atoms with van der Waals surface area (Å²) < 4.78 is 145. The van der Waals surface area contributed by atoms with E-state index in [0.29, 0.717) is 6.07 Å². The summed E-state index contributed by atoms with van der Waals surface area (Å²) >= 11 is 5.35. The van der Waals surface area contributed by atoms with Gasteiger partial charge in [0.15, 0.2) is 5.75 Å². The van der Waals surface area contributed by atoms with E-state index < -0.39 is 69.6 Å². The van der Waals surface area contributed by atoms with Crippen molar-refractivity contribution in [1.82, 2.24) is 0 Å². The normalized spacial score (nSPS) is 14.2. The van der Waals surface area contributed by atoms with Crippen LogP contribution in [-0.2, 0) is 0 Å². The molecule has 0 aliphatic carbocycles. The Bertz CT molecular complexity index is 939. The lowest BCUT2D eigenvalue weighted by molar-refractivity contribution is -0.392. The molecule has 1 rings (SSSR count). The van der Waals surface area contributed by atoms with Crippen LogP contribution in [0.2, 0.25) is 5.02 Å². The Balaban J connectivity index is 3.58. The maximum absolute atomic E-state index is 13.6. The van der Waals surface area contributed by atoms with Crippen molar-refractivity contribution in [2.75, 3.05) is 0 Å². The quantitative estimate of drug-likeness (QED) is 0.374. The Hall–Kier alpha value is -2.78. The first-order valence-electron chi connectivity index (χ1n) is 6.94. The topological polar surface area (TPSA) is 83.8 Å². The van der Waals surface area contributed by atoms with Gasteiger partial charge in [-0.3, -0.25) is 0 Å². The monoisotopic (exact) mass is 496 g/mol. The fourth-order valence-corrected chi connectivity index (χ4v) is 1.96. The molecular weight excluding hydrogens is 493 g/mol. The first-order valence-corrected chi connectivity index (χ1v) is 7.31. The van der Waals surface area contributed by atoms with E-state index in [0.717, 1.165) is 0 Å². The van der Waals surface area contributed by atoms with Gasteiger partial charge in [0, 0.05) is 0 Å². The lowest BCUT2D eigenvalue weighted by Crippen LogP contribution is -2.61. The van der Waals surface area contributed by atoms with Crippen molar-refractivity contribution in [3.8, 4) is 5.75 Å². The summed E-state index contributed by atoms with van der Waals surface area (Å²) in [5, 5.41) is 16.3. The third kappa shape index (κ3) is 4.47. The van der Waals surface area contributed by atoms with Crippen LogP contribution in [0.5, 0.6) is 5.75 Å². The molecule has 0 amide bonds. The van der Waals surface area contributed by atoms with Gasteiger partial charge >= 0.3 is 41.9 Å². The molecule has 1 aromatic carbocycles. The Labute approximate surface area is 167 Å². The summed E-state index contributed by atoms with van der Waals surface area (Å²) in [6.07, 6.45) is -7.31. The highest BCUT2D eigenvalue weighted by atomic mass is 35.5. The van der Waals surface area contributed by atoms with E-state index in [1.54, 1.807) is 0 Å². The van der Waals surface area contributed by atoms with E-state index in [-0.39, 0.29) is 6.07 Å². The number of hydrogen-bond acceptors (Lipinski definition) is 3. The van der Waals surface area contributed by atoms with Crippen LogP contribution in [0, 0.1) is 0 Å². The number of carbonyl (C=O) groups is 2. The highest BCUT2D eigenvalue weighted by Crippen LogP contribution is 2.55. The van der Waals surface area contributed by atoms with Crippen LogP contribution in [0.15, 0.2) is 24.0 Å². The molecule has 0 atom stereocenters. The SMILES string of the molecule is O=C(O)c1cc(OC(F)=C(F)C(F)(F)C(F)(F)C(F)(F)C(F)(F)F)c(Cl)c(C(=O)O)c1. The number of aromatic carboxylic acids is 2. The summed E-state index contributed by atoms with van der Waals surface area (Å²) in [4.78, 5) is 21.8. The molecule has 0 aromatic heterocycles. The molecule has 0 fully saturated rings. The van der Waals surface area contributed by atoms with Gasteiger partial charge in [-0.1, -0.05) is 11.6 Å². The van der Waals surface area contributed by atoms with Crippen LogP contribution in [-0.4, -0.2) is 46.1 Å². The molecule has 0 saturated heterocycles. The van der Waals surface area contributed by atoms with Gasteiger partial charge in [-0.2, -0.15) is 48.3 Å². The highest BCUT2D eigenvalue weighted by molar-refractivity contribution is 6.35. The average molecular weight is 497 g/mol. The fraction of sp³-hybridized carbons (Fsp3) is 0.286. The standard InChI is InChI=1S/C14H4ClF11O5/c15-6-4(10(29)30)1-3(9(27)28)2-5(6)31-8(17)7(16)11(18,19)12(20,21)13(22,23)14(24,25)26/h1-2H,(H,27,28)(H,29,30). The molecule has 0 aliphatic rings. The first kappa shape index (κ1) is 26.3. The zero-order valence-corrected chi connectivity index (χ0v) is 14.6. The molecule has 17 heteroatoms. The zero-order chi connectivity index (χ0) is 24.7. The molecular formula is C14H4ClF11O5. The third-order valence-corrected chi connectivity index (χ3v) is 3.70. The van der Waals surface area contributed by atoms with Crippen LogP contribution in [0.1, 0.15) is 20.7 Å². The largest absolute Gasteiger partial charge is 0.478 e. The van der Waals surface area contributed by atoms with Crippen molar-refractivity contribution in [1.29, 1.82) is 0 Å². The number of carboxylic acids is 2. The van der Waals surface area contributed by atoms with Gasteiger partial charge in [0.1, 0.15) is 0 Å². The molecule has 31 heavy (non-hydrogen) atoms. The molecule has 0 bridgehead atoms. The van der Waals surface area contributed by atoms with Crippen LogP contribution in [0.4, 0.5) is 48.3 Å². The van der Waals surface area contributed by atoms with Crippen LogP contribution < -0.4 is 4.74 Å². The molecule has 5 nitrogen and oxygen atoms in total. The predicted molar refractivity (Wildman–Crippen MR) is 76.1 cm³/mol. The van der Waals surface area contributed by atoms with Gasteiger partial charge in [0.05, 0.1) is 16.1 Å². The summed E-state index contributed by atoms with van der Waals surface area (Å²) in [6.45, 7) is 0. The van der Waals surface area contributed by atoms with Crippen molar-refractivity contribution in [2.24, 2.45) is 0 Å². The van der Waals surface area contributed by atoms with Gasteiger partial charge in [-0.05, 0) is 12.1 Å². The lowest BCUT2D eigenvalue weighted by atomic mass is 10.0. The van der Waals surface area contributed by atoms with Crippen LogP contribution in [0.3, 0.4) is 0 Å². The molecule has 0 radical (unpaired) electrons. The van der Waals surface area contributed by atoms with Crippen molar-refractivity contribution in [3.05, 3.63) is 40.1 Å². The van der Waals surface area contributed by atoms with Gasteiger partial charge < -0.3 is 14.9 Å². The number of benzene rings is 1. The number of allylic oxidation sites excluding steroid dienone is 1. The van der Waals surface area contributed by atoms with Gasteiger partial charge in [-0.25, -0.2) is 9.59 Å².